The van der Waals surface area contributed by atoms with Crippen LogP contribution in [0, 0.1) is 0 Å². The van der Waals surface area contributed by atoms with Gasteiger partial charge >= 0.3 is 0 Å². The molecule has 27 heavy (non-hydrogen) atoms. The number of benzene rings is 1. The number of ether oxygens (including phenoxy) is 1. The first-order chi connectivity index (χ1) is 13.1. The Balaban J connectivity index is 1.69. The van der Waals surface area contributed by atoms with Gasteiger partial charge in [-0.2, -0.15) is 0 Å². The SMILES string of the molecule is CC(C)Oc1ccccc1Nc1cncc(C(=O)NC2CCCCCC2)c1. The van der Waals surface area contributed by atoms with Crippen molar-refractivity contribution < 1.29 is 9.53 Å². The molecule has 0 unspecified atom stereocenters. The van der Waals surface area contributed by atoms with Crippen LogP contribution in [0.3, 0.4) is 0 Å². The number of rotatable bonds is 6. The van der Waals surface area contributed by atoms with E-state index in [1.54, 1.807) is 12.4 Å². The van der Waals surface area contributed by atoms with Crippen LogP contribution in [-0.4, -0.2) is 23.0 Å². The molecule has 1 saturated carbocycles. The number of amides is 1. The lowest BCUT2D eigenvalue weighted by atomic mass is 10.1. The smallest absolute Gasteiger partial charge is 0.253 e. The van der Waals surface area contributed by atoms with Gasteiger partial charge in [0.1, 0.15) is 5.75 Å². The minimum Gasteiger partial charge on any atom is -0.489 e. The Bertz CT molecular complexity index is 753. The molecule has 0 spiro atoms. The Morgan fingerprint density at radius 2 is 1.85 bits per heavy atom. The number of aromatic nitrogens is 1. The summed E-state index contributed by atoms with van der Waals surface area (Å²) in [5.41, 5.74) is 2.20. The minimum absolute atomic E-state index is 0.0511. The summed E-state index contributed by atoms with van der Waals surface area (Å²) in [7, 11) is 0. The van der Waals surface area contributed by atoms with Crippen LogP contribution < -0.4 is 15.4 Å². The molecule has 5 nitrogen and oxygen atoms in total. The van der Waals surface area contributed by atoms with E-state index in [4.69, 9.17) is 4.74 Å². The third-order valence-corrected chi connectivity index (χ3v) is 4.72. The van der Waals surface area contributed by atoms with Gasteiger partial charge in [-0.15, -0.1) is 0 Å². The van der Waals surface area contributed by atoms with Crippen molar-refractivity contribution in [3.63, 3.8) is 0 Å². The van der Waals surface area contributed by atoms with Gasteiger partial charge in [0.2, 0.25) is 0 Å². The van der Waals surface area contributed by atoms with E-state index in [0.29, 0.717) is 5.56 Å². The highest BCUT2D eigenvalue weighted by Gasteiger charge is 2.16. The lowest BCUT2D eigenvalue weighted by Gasteiger charge is -2.17. The largest absolute Gasteiger partial charge is 0.489 e. The number of carbonyl (C=O) groups is 1. The highest BCUT2D eigenvalue weighted by molar-refractivity contribution is 5.95. The van der Waals surface area contributed by atoms with Gasteiger partial charge in [0.25, 0.3) is 5.91 Å². The summed E-state index contributed by atoms with van der Waals surface area (Å²) in [6, 6.07) is 9.89. The fourth-order valence-electron chi connectivity index (χ4n) is 3.41. The molecule has 0 aliphatic heterocycles. The maximum Gasteiger partial charge on any atom is 0.253 e. The topological polar surface area (TPSA) is 63.2 Å². The zero-order valence-electron chi connectivity index (χ0n) is 16.2. The first-order valence-corrected chi connectivity index (χ1v) is 9.90. The molecule has 1 amide bonds. The van der Waals surface area contributed by atoms with Crippen LogP contribution in [0.4, 0.5) is 11.4 Å². The molecule has 1 aromatic carbocycles. The third-order valence-electron chi connectivity index (χ3n) is 4.72. The Labute approximate surface area is 161 Å². The number of nitrogens with one attached hydrogen (secondary N) is 2. The van der Waals surface area contributed by atoms with E-state index in [2.05, 4.69) is 15.6 Å². The van der Waals surface area contributed by atoms with Gasteiger partial charge in [0, 0.05) is 12.2 Å². The monoisotopic (exact) mass is 367 g/mol. The average Bonchev–Trinajstić information content (AvgIpc) is 2.92. The van der Waals surface area contributed by atoms with Gasteiger partial charge in [0.05, 0.1) is 29.2 Å². The quantitative estimate of drug-likeness (QED) is 0.700. The summed E-state index contributed by atoms with van der Waals surface area (Å²) in [5, 5.41) is 6.49. The predicted molar refractivity (Wildman–Crippen MR) is 109 cm³/mol. The van der Waals surface area contributed by atoms with Gasteiger partial charge in [0.15, 0.2) is 0 Å². The second-order valence-electron chi connectivity index (χ2n) is 7.41. The molecule has 1 aliphatic rings. The molecule has 0 radical (unpaired) electrons. The van der Waals surface area contributed by atoms with E-state index in [1.165, 1.54) is 25.7 Å². The molecule has 144 valence electrons. The second kappa shape index (κ2) is 9.40. The van der Waals surface area contributed by atoms with Crippen LogP contribution in [-0.2, 0) is 0 Å². The van der Waals surface area contributed by atoms with Crippen molar-refractivity contribution in [2.24, 2.45) is 0 Å². The fourth-order valence-corrected chi connectivity index (χ4v) is 3.41. The Kier molecular flexibility index (Phi) is 6.69. The van der Waals surface area contributed by atoms with Gasteiger partial charge in [-0.1, -0.05) is 37.8 Å². The number of nitrogens with zero attached hydrogens (tertiary/aromatic N) is 1. The second-order valence-corrected chi connectivity index (χ2v) is 7.41. The lowest BCUT2D eigenvalue weighted by Crippen LogP contribution is -2.34. The maximum atomic E-state index is 12.6. The number of pyridine rings is 1. The van der Waals surface area contributed by atoms with Crippen LogP contribution in [0.5, 0.6) is 5.75 Å². The molecule has 0 atom stereocenters. The molecule has 3 rings (SSSR count). The molecular weight excluding hydrogens is 338 g/mol. The van der Waals surface area contributed by atoms with Gasteiger partial charge in [-0.05, 0) is 44.9 Å². The highest BCUT2D eigenvalue weighted by Crippen LogP contribution is 2.28. The van der Waals surface area contributed by atoms with Crippen molar-refractivity contribution in [1.29, 1.82) is 0 Å². The number of para-hydroxylation sites is 2. The Morgan fingerprint density at radius 3 is 2.59 bits per heavy atom. The summed E-state index contributed by atoms with van der Waals surface area (Å²) in [5.74, 6) is 0.727. The van der Waals surface area contributed by atoms with Crippen molar-refractivity contribution in [3.05, 3.63) is 48.3 Å². The Hall–Kier alpha value is -2.56. The van der Waals surface area contributed by atoms with Gasteiger partial charge in [-0.3, -0.25) is 9.78 Å². The van der Waals surface area contributed by atoms with Crippen molar-refractivity contribution in [1.82, 2.24) is 10.3 Å². The van der Waals surface area contributed by atoms with Crippen LogP contribution in [0.2, 0.25) is 0 Å². The van der Waals surface area contributed by atoms with Gasteiger partial charge < -0.3 is 15.4 Å². The first kappa shape index (κ1) is 19.2. The predicted octanol–water partition coefficient (Wildman–Crippen LogP) is 5.07. The van der Waals surface area contributed by atoms with Crippen molar-refractivity contribution in [2.45, 2.75) is 64.5 Å². The first-order valence-electron chi connectivity index (χ1n) is 9.90. The molecule has 0 saturated heterocycles. The summed E-state index contributed by atoms with van der Waals surface area (Å²) >= 11 is 0. The molecule has 5 heteroatoms. The fraction of sp³-hybridized carbons (Fsp3) is 0.455. The highest BCUT2D eigenvalue weighted by atomic mass is 16.5. The zero-order valence-corrected chi connectivity index (χ0v) is 16.2. The van der Waals surface area contributed by atoms with E-state index in [-0.39, 0.29) is 18.1 Å². The normalized spacial score (nSPS) is 15.2. The average molecular weight is 367 g/mol. The van der Waals surface area contributed by atoms with E-state index in [1.807, 2.05) is 44.2 Å². The van der Waals surface area contributed by atoms with Crippen molar-refractivity contribution >= 4 is 17.3 Å². The molecule has 2 N–H and O–H groups in total. The lowest BCUT2D eigenvalue weighted by molar-refractivity contribution is 0.0933. The Morgan fingerprint density at radius 1 is 1.11 bits per heavy atom. The molecule has 1 aliphatic carbocycles. The van der Waals surface area contributed by atoms with Crippen LogP contribution in [0.25, 0.3) is 0 Å². The molecular formula is C22H29N3O2. The van der Waals surface area contributed by atoms with E-state index >= 15 is 0 Å². The van der Waals surface area contributed by atoms with Crippen molar-refractivity contribution in [2.75, 3.05) is 5.32 Å². The maximum absolute atomic E-state index is 12.6. The molecule has 0 bridgehead atoms. The van der Waals surface area contributed by atoms with Crippen molar-refractivity contribution in [3.8, 4) is 5.75 Å². The molecule has 1 aromatic heterocycles. The van der Waals surface area contributed by atoms with Gasteiger partial charge in [-0.25, -0.2) is 0 Å². The third kappa shape index (κ3) is 5.71. The van der Waals surface area contributed by atoms with Crippen LogP contribution in [0.1, 0.15) is 62.7 Å². The summed E-state index contributed by atoms with van der Waals surface area (Å²) in [4.78, 5) is 16.9. The molecule has 1 heterocycles. The number of hydrogen-bond acceptors (Lipinski definition) is 4. The van der Waals surface area contributed by atoms with E-state index < -0.39 is 0 Å². The molecule has 1 fully saturated rings. The summed E-state index contributed by atoms with van der Waals surface area (Å²) < 4.78 is 5.85. The van der Waals surface area contributed by atoms with Crippen LogP contribution in [0.15, 0.2) is 42.7 Å². The molecule has 2 aromatic rings. The number of hydrogen-bond donors (Lipinski definition) is 2. The minimum atomic E-state index is -0.0511. The summed E-state index contributed by atoms with van der Waals surface area (Å²) in [6.45, 7) is 3.99. The standard InChI is InChI=1S/C22H29N3O2/c1-16(2)27-21-12-8-7-11-20(21)24-19-13-17(14-23-15-19)22(26)25-18-9-5-3-4-6-10-18/h7-8,11-16,18,24H,3-6,9-10H2,1-2H3,(H,25,26). The number of anilines is 2. The van der Waals surface area contributed by atoms with Crippen LogP contribution >= 0.6 is 0 Å². The zero-order chi connectivity index (χ0) is 19.1. The summed E-state index contributed by atoms with van der Waals surface area (Å²) in [6.07, 6.45) is 10.5. The van der Waals surface area contributed by atoms with E-state index in [0.717, 1.165) is 30.0 Å². The number of carbonyl (C=O) groups excluding carboxylic acids is 1. The van der Waals surface area contributed by atoms with E-state index in [9.17, 15) is 4.79 Å².